The Morgan fingerprint density at radius 3 is 2.68 bits per heavy atom. The molecular formula is C22H24N8S. The summed E-state index contributed by atoms with van der Waals surface area (Å²) in [6.45, 7) is 0. The van der Waals surface area contributed by atoms with Crippen molar-refractivity contribution in [1.29, 1.82) is 0 Å². The summed E-state index contributed by atoms with van der Waals surface area (Å²) in [5.74, 6) is 0.681. The van der Waals surface area contributed by atoms with E-state index in [1.165, 1.54) is 11.9 Å². The third-order valence-electron chi connectivity index (χ3n) is 4.91. The lowest BCUT2D eigenvalue weighted by Crippen LogP contribution is -2.11. The van der Waals surface area contributed by atoms with Gasteiger partial charge in [0, 0.05) is 27.3 Å². The summed E-state index contributed by atoms with van der Waals surface area (Å²) in [7, 11) is 5.94. The summed E-state index contributed by atoms with van der Waals surface area (Å²) >= 11 is 1.69. The molecule has 4 heterocycles. The van der Waals surface area contributed by atoms with Crippen molar-refractivity contribution in [3.8, 4) is 22.5 Å². The molecule has 9 heteroatoms. The van der Waals surface area contributed by atoms with Gasteiger partial charge >= 0.3 is 0 Å². The highest BCUT2D eigenvalue weighted by Crippen LogP contribution is 2.36. The van der Waals surface area contributed by atoms with Gasteiger partial charge in [-0.25, -0.2) is 9.97 Å². The second-order valence-corrected chi connectivity index (χ2v) is 7.94. The molecule has 0 amide bonds. The van der Waals surface area contributed by atoms with Gasteiger partial charge in [-0.15, -0.1) is 0 Å². The molecule has 2 N–H and O–H groups in total. The van der Waals surface area contributed by atoms with Crippen molar-refractivity contribution in [2.75, 3.05) is 24.3 Å². The summed E-state index contributed by atoms with van der Waals surface area (Å²) in [6, 6.07) is 10.5. The van der Waals surface area contributed by atoms with E-state index < -0.39 is 0 Å². The van der Waals surface area contributed by atoms with Crippen LogP contribution < -0.4 is 10.2 Å². The van der Waals surface area contributed by atoms with Crippen LogP contribution in [0.2, 0.25) is 0 Å². The smallest absolute Gasteiger partial charge is 0.186 e. The monoisotopic (exact) mass is 432 g/mol. The van der Waals surface area contributed by atoms with Crippen LogP contribution in [0.15, 0.2) is 53.6 Å². The number of aryl methyl sites for hydroxylation is 1. The fraction of sp³-hybridized carbons (Fsp3) is 0.182. The summed E-state index contributed by atoms with van der Waals surface area (Å²) in [6.07, 6.45) is 3.42. The van der Waals surface area contributed by atoms with Crippen molar-refractivity contribution in [1.82, 2.24) is 29.9 Å². The Balaban J connectivity index is 0.00000231. The Hall–Kier alpha value is -3.72. The van der Waals surface area contributed by atoms with Gasteiger partial charge in [-0.2, -0.15) is 21.5 Å². The fourth-order valence-corrected chi connectivity index (χ4v) is 4.11. The van der Waals surface area contributed by atoms with Crippen LogP contribution in [0.1, 0.15) is 7.43 Å². The maximum absolute atomic E-state index is 4.53. The van der Waals surface area contributed by atoms with Crippen molar-refractivity contribution < 1.29 is 0 Å². The van der Waals surface area contributed by atoms with Gasteiger partial charge in [-0.05, 0) is 46.2 Å². The zero-order chi connectivity index (χ0) is 20.7. The number of anilines is 3. The lowest BCUT2D eigenvalue weighted by atomic mass is 10.1. The topological polar surface area (TPSA) is 87.5 Å². The van der Waals surface area contributed by atoms with Gasteiger partial charge in [0.2, 0.25) is 0 Å². The minimum absolute atomic E-state index is 0. The number of rotatable bonds is 5. The Bertz CT molecular complexity index is 1320. The number of H-pyrrole nitrogens is 1. The van der Waals surface area contributed by atoms with E-state index in [0.717, 1.165) is 33.7 Å². The number of aromatic amines is 1. The summed E-state index contributed by atoms with van der Waals surface area (Å²) in [5, 5.41) is 20.5. The van der Waals surface area contributed by atoms with Crippen molar-refractivity contribution >= 4 is 39.6 Å². The minimum atomic E-state index is 0. The van der Waals surface area contributed by atoms with Crippen molar-refractivity contribution in [3.05, 3.63) is 53.6 Å². The molecule has 0 aliphatic heterocycles. The molecule has 0 aliphatic rings. The third-order valence-corrected chi connectivity index (χ3v) is 5.59. The van der Waals surface area contributed by atoms with Crippen LogP contribution in [0.4, 0.5) is 17.2 Å². The van der Waals surface area contributed by atoms with Crippen LogP contribution in [0.5, 0.6) is 0 Å². The van der Waals surface area contributed by atoms with Crippen LogP contribution >= 0.6 is 11.3 Å². The predicted octanol–water partition coefficient (Wildman–Crippen LogP) is 4.93. The predicted molar refractivity (Wildman–Crippen MR) is 128 cm³/mol. The van der Waals surface area contributed by atoms with Crippen molar-refractivity contribution in [3.63, 3.8) is 0 Å². The Morgan fingerprint density at radius 2 is 1.97 bits per heavy atom. The number of hydrogen-bond donors (Lipinski definition) is 2. The van der Waals surface area contributed by atoms with Gasteiger partial charge in [0.25, 0.3) is 0 Å². The minimum Gasteiger partial charge on any atom is -0.376 e. The van der Waals surface area contributed by atoms with Crippen LogP contribution in [0, 0.1) is 0 Å². The molecular weight excluding hydrogens is 408 g/mol. The number of benzene rings is 1. The number of nitrogens with zero attached hydrogens (tertiary/aromatic N) is 6. The van der Waals surface area contributed by atoms with Crippen LogP contribution in [0.3, 0.4) is 0 Å². The quantitative estimate of drug-likeness (QED) is 0.410. The molecule has 158 valence electrons. The molecule has 0 fully saturated rings. The van der Waals surface area contributed by atoms with Gasteiger partial charge < -0.3 is 10.2 Å². The summed E-state index contributed by atoms with van der Waals surface area (Å²) in [4.78, 5) is 10.9. The van der Waals surface area contributed by atoms with Crippen molar-refractivity contribution in [2.24, 2.45) is 7.05 Å². The highest BCUT2D eigenvalue weighted by molar-refractivity contribution is 7.08. The summed E-state index contributed by atoms with van der Waals surface area (Å²) in [5.41, 5.74) is 6.52. The van der Waals surface area contributed by atoms with Crippen LogP contribution in [0.25, 0.3) is 33.5 Å². The van der Waals surface area contributed by atoms with E-state index in [2.05, 4.69) is 70.5 Å². The number of nitrogens with one attached hydrogen (secondary N) is 2. The number of hydrogen-bond acceptors (Lipinski definition) is 7. The highest BCUT2D eigenvalue weighted by atomic mass is 32.1. The second-order valence-electron chi connectivity index (χ2n) is 7.16. The molecule has 8 nitrogen and oxygen atoms in total. The van der Waals surface area contributed by atoms with E-state index in [4.69, 9.17) is 0 Å². The molecule has 0 radical (unpaired) electrons. The maximum atomic E-state index is 4.53. The fourth-order valence-electron chi connectivity index (χ4n) is 3.45. The SMILES string of the molecule is C.CN(C)c1ccc(-c2ccsc2)cc1Nc1ncnc2n[nH]c(-c3ccn(C)n3)c12. The Kier molecular flexibility index (Phi) is 5.43. The first kappa shape index (κ1) is 20.5. The van der Waals surface area contributed by atoms with Gasteiger partial charge in [-0.3, -0.25) is 9.78 Å². The maximum Gasteiger partial charge on any atom is 0.186 e. The number of aromatic nitrogens is 6. The zero-order valence-corrected chi connectivity index (χ0v) is 17.6. The van der Waals surface area contributed by atoms with E-state index in [1.807, 2.05) is 33.4 Å². The number of fused-ring (bicyclic) bond motifs is 1. The van der Waals surface area contributed by atoms with Crippen LogP contribution in [-0.2, 0) is 7.05 Å². The largest absolute Gasteiger partial charge is 0.376 e. The van der Waals surface area contributed by atoms with Gasteiger partial charge in [0.05, 0.1) is 22.5 Å². The molecule has 0 atom stereocenters. The first-order valence-electron chi connectivity index (χ1n) is 9.40. The lowest BCUT2D eigenvalue weighted by Gasteiger charge is -2.19. The molecule has 0 spiro atoms. The molecule has 0 saturated carbocycles. The van der Waals surface area contributed by atoms with Crippen LogP contribution in [-0.4, -0.2) is 44.0 Å². The zero-order valence-electron chi connectivity index (χ0n) is 16.8. The first-order valence-corrected chi connectivity index (χ1v) is 10.3. The van der Waals surface area contributed by atoms with E-state index in [9.17, 15) is 0 Å². The molecule has 1 aromatic carbocycles. The van der Waals surface area contributed by atoms with Gasteiger partial charge in [-0.1, -0.05) is 13.5 Å². The molecule has 5 aromatic rings. The normalized spacial score (nSPS) is 10.8. The molecule has 0 aliphatic carbocycles. The van der Waals surface area contributed by atoms with E-state index in [-0.39, 0.29) is 7.43 Å². The first-order chi connectivity index (χ1) is 14.6. The van der Waals surface area contributed by atoms with E-state index >= 15 is 0 Å². The van der Waals surface area contributed by atoms with E-state index in [1.54, 1.807) is 16.0 Å². The lowest BCUT2D eigenvalue weighted by molar-refractivity contribution is 0.770. The molecule has 31 heavy (non-hydrogen) atoms. The number of thiophene rings is 1. The molecule has 4 aromatic heterocycles. The average Bonchev–Trinajstić information content (AvgIpc) is 3.48. The molecule has 0 bridgehead atoms. The van der Waals surface area contributed by atoms with Crippen molar-refractivity contribution in [2.45, 2.75) is 7.43 Å². The Labute approximate surface area is 184 Å². The average molecular weight is 433 g/mol. The van der Waals surface area contributed by atoms with E-state index in [0.29, 0.717) is 11.5 Å². The molecule has 0 saturated heterocycles. The van der Waals surface area contributed by atoms with Gasteiger partial charge in [0.15, 0.2) is 5.65 Å². The molecule has 0 unspecified atom stereocenters. The molecule has 5 rings (SSSR count). The standard InChI is InChI=1S/C21H20N8S.CH4/c1-28(2)17-5-4-13(14-7-9-30-11-14)10-16(17)24-20-18-19(15-6-8-29(3)27-15)25-26-21(18)23-12-22-20;/h4-12H,1-3H3,(H2,22,23,24,25,26);1H4. The highest BCUT2D eigenvalue weighted by Gasteiger charge is 2.17. The second kappa shape index (κ2) is 8.19. The summed E-state index contributed by atoms with van der Waals surface area (Å²) < 4.78 is 1.76. The van der Waals surface area contributed by atoms with Gasteiger partial charge in [0.1, 0.15) is 17.8 Å². The third kappa shape index (κ3) is 3.75. The Morgan fingerprint density at radius 1 is 1.10 bits per heavy atom.